The molecule has 168 valence electrons. The van der Waals surface area contributed by atoms with Crippen molar-refractivity contribution < 1.29 is 8.74 Å². The molecule has 4 fully saturated rings. The topological polar surface area (TPSA) is 29.5 Å². The van der Waals surface area contributed by atoms with Gasteiger partial charge in [-0.1, -0.05) is 47.0 Å². The van der Waals surface area contributed by atoms with Crippen LogP contribution >= 0.6 is 12.3 Å². The predicted octanol–water partition coefficient (Wildman–Crippen LogP) is 8.23. The summed E-state index contributed by atoms with van der Waals surface area (Å²) in [5.41, 5.74) is 1.22. The molecule has 9 atom stereocenters. The maximum absolute atomic E-state index is 8.74. The Bertz CT molecular complexity index is 553. The standard InChI is InChI=1S/C26H46O2S/c1-5-19-16-21-23-12-10-20(8-6-7-15-28-29-27)25(23,3)14-13-24(21)26(4)17-18(2)9-11-22(19)26/h18-24,27H,5-17H2,1-4H3/t18?,19-,20?,21?,22?,23?,24-,25?,26?/m0/s1. The van der Waals surface area contributed by atoms with E-state index in [0.29, 0.717) is 29.8 Å². The van der Waals surface area contributed by atoms with Crippen molar-refractivity contribution in [3.05, 3.63) is 0 Å². The van der Waals surface area contributed by atoms with Gasteiger partial charge in [-0.2, -0.15) is 0 Å². The van der Waals surface area contributed by atoms with Crippen LogP contribution in [0.1, 0.15) is 105 Å². The molecule has 4 aliphatic carbocycles. The van der Waals surface area contributed by atoms with Gasteiger partial charge in [0.15, 0.2) is 12.3 Å². The van der Waals surface area contributed by atoms with Crippen LogP contribution in [0.4, 0.5) is 0 Å². The average Bonchev–Trinajstić information content (AvgIpc) is 3.03. The zero-order valence-electron chi connectivity index (χ0n) is 19.5. The first-order valence-electron chi connectivity index (χ1n) is 12.9. The maximum atomic E-state index is 8.74. The van der Waals surface area contributed by atoms with Crippen LogP contribution in [0.15, 0.2) is 0 Å². The lowest BCUT2D eigenvalue weighted by Crippen LogP contribution is -2.56. The molecule has 0 aromatic heterocycles. The van der Waals surface area contributed by atoms with Crippen LogP contribution < -0.4 is 0 Å². The molecule has 1 N–H and O–H groups in total. The van der Waals surface area contributed by atoms with Gasteiger partial charge in [-0.05, 0) is 110 Å². The highest BCUT2D eigenvalue weighted by Crippen LogP contribution is 2.69. The molecule has 0 heterocycles. The zero-order valence-corrected chi connectivity index (χ0v) is 20.3. The number of fused-ring (bicyclic) bond motifs is 5. The lowest BCUT2D eigenvalue weighted by atomic mass is 9.42. The van der Waals surface area contributed by atoms with Crippen LogP contribution in [0.2, 0.25) is 0 Å². The molecular weight excluding hydrogens is 376 g/mol. The predicted molar refractivity (Wildman–Crippen MR) is 124 cm³/mol. The summed E-state index contributed by atoms with van der Waals surface area (Å²) in [5, 5.41) is 0. The average molecular weight is 423 g/mol. The van der Waals surface area contributed by atoms with Gasteiger partial charge in [-0.25, -0.2) is 0 Å². The summed E-state index contributed by atoms with van der Waals surface area (Å²) in [6.45, 7) is 11.1. The maximum Gasteiger partial charge on any atom is 0.155 e. The van der Waals surface area contributed by atoms with Gasteiger partial charge >= 0.3 is 0 Å². The summed E-state index contributed by atoms with van der Waals surface area (Å²) < 4.78 is 13.8. The molecule has 3 heteroatoms. The second-order valence-electron chi connectivity index (χ2n) is 12.0. The first kappa shape index (κ1) is 22.5. The molecule has 0 bridgehead atoms. The van der Waals surface area contributed by atoms with Crippen molar-refractivity contribution in [1.29, 1.82) is 0 Å². The normalized spacial score (nSPS) is 49.3. The molecule has 4 aliphatic rings. The molecule has 0 aromatic rings. The Morgan fingerprint density at radius 2 is 1.72 bits per heavy atom. The molecule has 4 saturated carbocycles. The Morgan fingerprint density at radius 1 is 0.966 bits per heavy atom. The smallest absolute Gasteiger partial charge is 0.155 e. The highest BCUT2D eigenvalue weighted by Gasteiger charge is 2.61. The van der Waals surface area contributed by atoms with E-state index in [2.05, 4.69) is 27.7 Å². The Balaban J connectivity index is 1.48. The summed E-state index contributed by atoms with van der Waals surface area (Å²) in [7, 11) is 0. The van der Waals surface area contributed by atoms with E-state index < -0.39 is 0 Å². The number of hydrogen-bond donors (Lipinski definition) is 1. The molecule has 0 saturated heterocycles. The Morgan fingerprint density at radius 3 is 2.48 bits per heavy atom. The Labute approximate surface area is 184 Å². The van der Waals surface area contributed by atoms with Crippen molar-refractivity contribution in [1.82, 2.24) is 0 Å². The van der Waals surface area contributed by atoms with Crippen LogP contribution in [0.3, 0.4) is 0 Å². The van der Waals surface area contributed by atoms with Crippen molar-refractivity contribution in [3.8, 4) is 0 Å². The van der Waals surface area contributed by atoms with Gasteiger partial charge in [0.25, 0.3) is 0 Å². The van der Waals surface area contributed by atoms with Crippen molar-refractivity contribution in [2.75, 3.05) is 6.61 Å². The molecule has 29 heavy (non-hydrogen) atoms. The van der Waals surface area contributed by atoms with Gasteiger partial charge in [-0.3, -0.25) is 4.18 Å². The third kappa shape index (κ3) is 3.95. The molecule has 0 radical (unpaired) electrons. The third-order valence-electron chi connectivity index (χ3n) is 10.8. The summed E-state index contributed by atoms with van der Waals surface area (Å²) in [5.74, 6) is 6.86. The zero-order chi connectivity index (χ0) is 20.6. The van der Waals surface area contributed by atoms with Gasteiger partial charge in [-0.15, -0.1) is 0 Å². The fourth-order valence-electron chi connectivity index (χ4n) is 9.57. The van der Waals surface area contributed by atoms with Gasteiger partial charge in [0.05, 0.1) is 6.61 Å². The van der Waals surface area contributed by atoms with Gasteiger partial charge in [0.1, 0.15) is 0 Å². The minimum Gasteiger partial charge on any atom is -0.307 e. The van der Waals surface area contributed by atoms with Crippen molar-refractivity contribution in [2.24, 2.45) is 52.3 Å². The fraction of sp³-hybridized carbons (Fsp3) is 1.00. The van der Waals surface area contributed by atoms with E-state index in [1.165, 1.54) is 64.2 Å². The van der Waals surface area contributed by atoms with E-state index >= 15 is 0 Å². The van der Waals surface area contributed by atoms with Crippen molar-refractivity contribution in [3.63, 3.8) is 0 Å². The fourth-order valence-corrected chi connectivity index (χ4v) is 9.76. The summed E-state index contributed by atoms with van der Waals surface area (Å²) in [6.07, 6.45) is 17.1. The number of unbranched alkanes of at least 4 members (excludes halogenated alkanes) is 1. The van der Waals surface area contributed by atoms with Crippen LogP contribution in [0.5, 0.6) is 0 Å². The molecule has 0 aromatic carbocycles. The van der Waals surface area contributed by atoms with E-state index in [1.54, 1.807) is 6.42 Å². The highest BCUT2D eigenvalue weighted by atomic mass is 32.2. The number of rotatable bonds is 7. The lowest BCUT2D eigenvalue weighted by molar-refractivity contribution is -0.143. The van der Waals surface area contributed by atoms with Crippen molar-refractivity contribution in [2.45, 2.75) is 105 Å². The first-order chi connectivity index (χ1) is 13.9. The molecule has 0 spiro atoms. The Hall–Kier alpha value is 0.270. The third-order valence-corrected chi connectivity index (χ3v) is 11.1. The van der Waals surface area contributed by atoms with Crippen molar-refractivity contribution >= 4 is 12.3 Å². The monoisotopic (exact) mass is 422 g/mol. The van der Waals surface area contributed by atoms with E-state index in [9.17, 15) is 0 Å². The van der Waals surface area contributed by atoms with Crippen LogP contribution in [0, 0.1) is 52.3 Å². The summed E-state index contributed by atoms with van der Waals surface area (Å²) in [6, 6.07) is 0. The van der Waals surface area contributed by atoms with Crippen LogP contribution in [0.25, 0.3) is 0 Å². The lowest BCUT2D eigenvalue weighted by Gasteiger charge is -2.63. The van der Waals surface area contributed by atoms with Gasteiger partial charge in [0.2, 0.25) is 0 Å². The Kier molecular flexibility index (Phi) is 6.99. The minimum atomic E-state index is 0.525. The molecule has 0 aliphatic heterocycles. The molecule has 4 rings (SSSR count). The van der Waals surface area contributed by atoms with Gasteiger partial charge < -0.3 is 4.55 Å². The minimum absolute atomic E-state index is 0.525. The van der Waals surface area contributed by atoms with E-state index in [1.807, 2.05) is 0 Å². The second-order valence-corrected chi connectivity index (χ2v) is 12.4. The largest absolute Gasteiger partial charge is 0.307 e. The SMILES string of the molecule is CC[C@H]1CC2C3CCC(CCCCOSO)C3(C)CC[C@@H]2C2(C)CC(C)CCC12. The molecule has 7 unspecified atom stereocenters. The van der Waals surface area contributed by atoms with Crippen LogP contribution in [-0.2, 0) is 4.18 Å². The first-order valence-corrected chi connectivity index (χ1v) is 13.6. The summed E-state index contributed by atoms with van der Waals surface area (Å²) >= 11 is 0.525. The second kappa shape index (κ2) is 9.02. The van der Waals surface area contributed by atoms with Crippen LogP contribution in [-0.4, -0.2) is 11.2 Å². The molecule has 2 nitrogen and oxygen atoms in total. The van der Waals surface area contributed by atoms with E-state index in [-0.39, 0.29) is 0 Å². The van der Waals surface area contributed by atoms with E-state index in [4.69, 9.17) is 8.74 Å². The number of hydrogen-bond acceptors (Lipinski definition) is 3. The quantitative estimate of drug-likeness (QED) is 0.331. The molecular formula is C26H46O2S. The highest BCUT2D eigenvalue weighted by molar-refractivity contribution is 7.88. The summed E-state index contributed by atoms with van der Waals surface area (Å²) in [4.78, 5) is 0. The van der Waals surface area contributed by atoms with E-state index in [0.717, 1.165) is 47.8 Å². The van der Waals surface area contributed by atoms with Gasteiger partial charge in [0, 0.05) is 0 Å². The molecule has 0 amide bonds.